The molecule has 23 heavy (non-hydrogen) atoms. The van der Waals surface area contributed by atoms with Crippen molar-refractivity contribution in [1.29, 1.82) is 0 Å². The van der Waals surface area contributed by atoms with Gasteiger partial charge in [-0.3, -0.25) is 9.79 Å². The van der Waals surface area contributed by atoms with Gasteiger partial charge in [0.05, 0.1) is 5.56 Å². The fourth-order valence-electron chi connectivity index (χ4n) is 2.62. The minimum Gasteiger partial charge on any atom is -0.287 e. The highest BCUT2D eigenvalue weighted by Gasteiger charge is 2.32. The Balaban J connectivity index is 1.99. The summed E-state index contributed by atoms with van der Waals surface area (Å²) >= 11 is 0. The third kappa shape index (κ3) is 3.04. The highest BCUT2D eigenvalue weighted by Crippen LogP contribution is 2.32. The first-order chi connectivity index (χ1) is 10.9. The van der Waals surface area contributed by atoms with Crippen LogP contribution in [0.15, 0.2) is 47.5 Å². The quantitative estimate of drug-likeness (QED) is 0.762. The van der Waals surface area contributed by atoms with Crippen molar-refractivity contribution in [1.82, 2.24) is 0 Å². The van der Waals surface area contributed by atoms with Crippen LogP contribution in [0.5, 0.6) is 0 Å². The van der Waals surface area contributed by atoms with E-state index in [4.69, 9.17) is 0 Å². The monoisotopic (exact) mass is 317 g/mol. The third-order valence-electron chi connectivity index (χ3n) is 3.87. The lowest BCUT2D eigenvalue weighted by atomic mass is 9.91. The normalized spacial score (nSPS) is 14.2. The van der Waals surface area contributed by atoms with Gasteiger partial charge in [-0.15, -0.1) is 0 Å². The maximum absolute atomic E-state index is 12.8. The molecule has 2 aromatic carbocycles. The van der Waals surface area contributed by atoms with E-state index < -0.39 is 11.7 Å². The number of fused-ring (bicyclic) bond motifs is 1. The fraction of sp³-hybridized carbons (Fsp3) is 0.222. The van der Waals surface area contributed by atoms with Crippen LogP contribution in [0, 0.1) is 6.92 Å². The third-order valence-corrected chi connectivity index (χ3v) is 3.87. The van der Waals surface area contributed by atoms with Crippen molar-refractivity contribution in [2.45, 2.75) is 19.5 Å². The molecule has 0 spiro atoms. The number of alkyl halides is 3. The molecule has 0 radical (unpaired) electrons. The van der Waals surface area contributed by atoms with E-state index in [1.165, 1.54) is 6.07 Å². The molecule has 0 unspecified atom stereocenters. The van der Waals surface area contributed by atoms with Crippen molar-refractivity contribution in [3.05, 3.63) is 70.3 Å². The number of hydrogen-bond acceptors (Lipinski definition) is 2. The minimum atomic E-state index is -4.38. The number of nitrogens with zero attached hydrogens (tertiary/aromatic N) is 1. The molecule has 0 saturated heterocycles. The topological polar surface area (TPSA) is 29.4 Å². The van der Waals surface area contributed by atoms with E-state index in [0.717, 1.165) is 17.7 Å². The lowest BCUT2D eigenvalue weighted by Crippen LogP contribution is -2.22. The number of aliphatic imine (C=N–C) groups is 1. The second kappa shape index (κ2) is 5.65. The first-order valence-corrected chi connectivity index (χ1v) is 7.22. The van der Waals surface area contributed by atoms with E-state index >= 15 is 0 Å². The number of hydrogen-bond donors (Lipinski definition) is 0. The van der Waals surface area contributed by atoms with Gasteiger partial charge in [0.25, 0.3) is 0 Å². The van der Waals surface area contributed by atoms with E-state index in [1.54, 1.807) is 12.1 Å². The highest BCUT2D eigenvalue weighted by molar-refractivity contribution is 6.51. The summed E-state index contributed by atoms with van der Waals surface area (Å²) in [7, 11) is 0. The Labute approximate surface area is 131 Å². The molecule has 0 saturated carbocycles. The van der Waals surface area contributed by atoms with Gasteiger partial charge in [0, 0.05) is 17.7 Å². The molecule has 1 aliphatic rings. The molecule has 0 atom stereocenters. The van der Waals surface area contributed by atoms with Crippen LogP contribution < -0.4 is 0 Å². The van der Waals surface area contributed by atoms with Gasteiger partial charge >= 0.3 is 6.18 Å². The molecule has 0 amide bonds. The molecule has 0 aliphatic carbocycles. The average Bonchev–Trinajstić information content (AvgIpc) is 2.53. The number of ketones is 1. The number of benzene rings is 2. The van der Waals surface area contributed by atoms with E-state index in [1.807, 2.05) is 19.1 Å². The van der Waals surface area contributed by atoms with Gasteiger partial charge in [-0.25, -0.2) is 0 Å². The lowest BCUT2D eigenvalue weighted by molar-refractivity contribution is -0.137. The maximum atomic E-state index is 12.8. The van der Waals surface area contributed by atoms with Crippen LogP contribution in [0.4, 0.5) is 13.2 Å². The zero-order valence-electron chi connectivity index (χ0n) is 12.4. The Morgan fingerprint density at radius 3 is 2.43 bits per heavy atom. The molecule has 0 aromatic heterocycles. The zero-order valence-corrected chi connectivity index (χ0v) is 12.4. The number of rotatable bonds is 2. The summed E-state index contributed by atoms with van der Waals surface area (Å²) in [6, 6.07) is 10.5. The molecule has 5 heteroatoms. The largest absolute Gasteiger partial charge is 0.416 e. The van der Waals surface area contributed by atoms with Gasteiger partial charge in [0.15, 0.2) is 0 Å². The van der Waals surface area contributed by atoms with E-state index in [9.17, 15) is 18.0 Å². The summed E-state index contributed by atoms with van der Waals surface area (Å²) < 4.78 is 38.5. The van der Waals surface area contributed by atoms with Gasteiger partial charge in [-0.1, -0.05) is 35.9 Å². The van der Waals surface area contributed by atoms with E-state index in [-0.39, 0.29) is 11.5 Å². The van der Waals surface area contributed by atoms with Gasteiger partial charge in [0.2, 0.25) is 5.78 Å². The van der Waals surface area contributed by atoms with Crippen molar-refractivity contribution in [2.24, 2.45) is 4.99 Å². The van der Waals surface area contributed by atoms with Crippen LogP contribution in [0.25, 0.3) is 0 Å². The van der Waals surface area contributed by atoms with Crippen molar-refractivity contribution in [2.75, 3.05) is 6.54 Å². The Morgan fingerprint density at radius 2 is 1.78 bits per heavy atom. The summed E-state index contributed by atoms with van der Waals surface area (Å²) in [5, 5.41) is 0. The molecule has 0 bridgehead atoms. The van der Waals surface area contributed by atoms with Crippen molar-refractivity contribution >= 4 is 11.5 Å². The molecule has 0 fully saturated rings. The van der Waals surface area contributed by atoms with Crippen molar-refractivity contribution < 1.29 is 18.0 Å². The Hall–Kier alpha value is -2.43. The van der Waals surface area contributed by atoms with Crippen LogP contribution >= 0.6 is 0 Å². The van der Waals surface area contributed by atoms with E-state index in [0.29, 0.717) is 29.7 Å². The second-order valence-corrected chi connectivity index (χ2v) is 5.55. The zero-order chi connectivity index (χ0) is 16.6. The predicted octanol–water partition coefficient (Wildman–Crippen LogP) is 4.24. The molecule has 118 valence electrons. The van der Waals surface area contributed by atoms with Crippen molar-refractivity contribution in [3.63, 3.8) is 0 Å². The Bertz CT molecular complexity index is 789. The summed E-state index contributed by atoms with van der Waals surface area (Å²) in [4.78, 5) is 16.8. The SMILES string of the molecule is Cc1ccc(C(=O)C2=NCCc3cc(C(F)(F)F)ccc32)cc1. The molecule has 3 rings (SSSR count). The number of carbonyl (C=O) groups is 1. The fourth-order valence-corrected chi connectivity index (χ4v) is 2.62. The maximum Gasteiger partial charge on any atom is 0.416 e. The van der Waals surface area contributed by atoms with Crippen LogP contribution in [-0.4, -0.2) is 18.0 Å². The standard InChI is InChI=1S/C18H14F3NO/c1-11-2-4-12(5-3-11)17(23)16-15-7-6-14(18(19,20)21)10-13(15)8-9-22-16/h2-7,10H,8-9H2,1H3. The number of halogens is 3. The minimum absolute atomic E-state index is 0.240. The first kappa shape index (κ1) is 15.5. The molecule has 2 aromatic rings. The number of aryl methyl sites for hydroxylation is 1. The molecular weight excluding hydrogens is 303 g/mol. The van der Waals surface area contributed by atoms with Crippen molar-refractivity contribution in [3.8, 4) is 0 Å². The second-order valence-electron chi connectivity index (χ2n) is 5.55. The molecular formula is C18H14F3NO. The van der Waals surface area contributed by atoms with Crippen LogP contribution in [0.3, 0.4) is 0 Å². The lowest BCUT2D eigenvalue weighted by Gasteiger charge is -2.18. The number of carbonyl (C=O) groups excluding carboxylic acids is 1. The van der Waals surface area contributed by atoms with Gasteiger partial charge in [0.1, 0.15) is 5.71 Å². The summed E-state index contributed by atoms with van der Waals surface area (Å²) in [6.07, 6.45) is -3.98. The summed E-state index contributed by atoms with van der Waals surface area (Å²) in [5.41, 5.74) is 2.08. The van der Waals surface area contributed by atoms with E-state index in [2.05, 4.69) is 4.99 Å². The molecule has 1 aliphatic heterocycles. The summed E-state index contributed by atoms with van der Waals surface area (Å²) in [6.45, 7) is 2.24. The van der Waals surface area contributed by atoms with Gasteiger partial charge < -0.3 is 0 Å². The van der Waals surface area contributed by atoms with Crippen LogP contribution in [0.2, 0.25) is 0 Å². The smallest absolute Gasteiger partial charge is 0.287 e. The average molecular weight is 317 g/mol. The predicted molar refractivity (Wildman–Crippen MR) is 82.1 cm³/mol. The molecule has 1 heterocycles. The van der Waals surface area contributed by atoms with Gasteiger partial charge in [-0.2, -0.15) is 13.2 Å². The summed E-state index contributed by atoms with van der Waals surface area (Å²) in [5.74, 6) is -0.259. The Kier molecular flexibility index (Phi) is 3.80. The van der Waals surface area contributed by atoms with Crippen LogP contribution in [0.1, 0.15) is 32.6 Å². The number of Topliss-reactive ketones (excluding diaryl/α,β-unsaturated/α-hetero) is 1. The van der Waals surface area contributed by atoms with Crippen LogP contribution in [-0.2, 0) is 12.6 Å². The molecule has 0 N–H and O–H groups in total. The molecule has 2 nitrogen and oxygen atoms in total. The highest BCUT2D eigenvalue weighted by atomic mass is 19.4. The van der Waals surface area contributed by atoms with Gasteiger partial charge in [-0.05, 0) is 31.0 Å². The Morgan fingerprint density at radius 1 is 1.09 bits per heavy atom. The first-order valence-electron chi connectivity index (χ1n) is 7.22.